The number of carbonyl (C=O) groups excluding carboxylic acids is 2. The number of hydrogen-bond donors (Lipinski definition) is 1. The summed E-state index contributed by atoms with van der Waals surface area (Å²) >= 11 is 0. The van der Waals surface area contributed by atoms with E-state index in [0.717, 1.165) is 17.8 Å². The summed E-state index contributed by atoms with van der Waals surface area (Å²) in [7, 11) is 0. The van der Waals surface area contributed by atoms with Crippen LogP contribution < -0.4 is 5.32 Å². The summed E-state index contributed by atoms with van der Waals surface area (Å²) in [6, 6.07) is 9.14. The highest BCUT2D eigenvalue weighted by atomic mass is 19.4. The molecule has 0 saturated heterocycles. The zero-order valence-corrected chi connectivity index (χ0v) is 18.0. The van der Waals surface area contributed by atoms with Gasteiger partial charge in [-0.25, -0.2) is 4.98 Å². The Morgan fingerprint density at radius 3 is 2.31 bits per heavy atom. The molecule has 0 aliphatic carbocycles. The summed E-state index contributed by atoms with van der Waals surface area (Å²) < 4.78 is 44.8. The van der Waals surface area contributed by atoms with E-state index in [0.29, 0.717) is 25.0 Å². The summed E-state index contributed by atoms with van der Waals surface area (Å²) in [5.41, 5.74) is 0.529. The van der Waals surface area contributed by atoms with E-state index in [4.69, 9.17) is 4.74 Å². The van der Waals surface area contributed by atoms with Crippen LogP contribution in [0.25, 0.3) is 5.65 Å². The molecule has 0 unspecified atom stereocenters. The van der Waals surface area contributed by atoms with Crippen molar-refractivity contribution >= 4 is 23.3 Å². The Hall–Kier alpha value is -3.36. The van der Waals surface area contributed by atoms with Crippen LogP contribution >= 0.6 is 0 Å². The Kier molecular flexibility index (Phi) is 6.57. The Balaban J connectivity index is 1.68. The minimum absolute atomic E-state index is 0.146. The van der Waals surface area contributed by atoms with Gasteiger partial charge >= 0.3 is 12.1 Å². The number of pyridine rings is 1. The van der Waals surface area contributed by atoms with Crippen molar-refractivity contribution in [3.63, 3.8) is 0 Å². The van der Waals surface area contributed by atoms with Crippen LogP contribution in [-0.2, 0) is 21.1 Å². The molecule has 9 heteroatoms. The minimum atomic E-state index is -4.46. The lowest BCUT2D eigenvalue weighted by Gasteiger charge is -2.25. The van der Waals surface area contributed by atoms with Gasteiger partial charge in [0.15, 0.2) is 5.82 Å². The zero-order chi connectivity index (χ0) is 23.5. The third-order valence-corrected chi connectivity index (χ3v) is 5.21. The number of rotatable bonds is 7. The second-order valence-corrected chi connectivity index (χ2v) is 8.03. The number of aromatic nitrogens is 2. The molecule has 3 aromatic rings. The molecule has 0 aliphatic heterocycles. The van der Waals surface area contributed by atoms with E-state index in [2.05, 4.69) is 10.3 Å². The number of anilines is 1. The van der Waals surface area contributed by atoms with Crippen molar-refractivity contribution in [2.24, 2.45) is 0 Å². The molecule has 1 amide bonds. The summed E-state index contributed by atoms with van der Waals surface area (Å²) in [5.74, 6) is -0.528. The van der Waals surface area contributed by atoms with Gasteiger partial charge in [-0.3, -0.25) is 9.59 Å². The summed E-state index contributed by atoms with van der Waals surface area (Å²) in [6.07, 6.45) is -1.32. The van der Waals surface area contributed by atoms with Gasteiger partial charge in [-0.2, -0.15) is 13.2 Å². The number of nitrogens with one attached hydrogen (secondary N) is 1. The van der Waals surface area contributed by atoms with Crippen LogP contribution in [0.1, 0.15) is 55.1 Å². The topological polar surface area (TPSA) is 72.7 Å². The van der Waals surface area contributed by atoms with Crippen molar-refractivity contribution < 1.29 is 27.5 Å². The van der Waals surface area contributed by atoms with Crippen LogP contribution in [0.15, 0.2) is 48.8 Å². The van der Waals surface area contributed by atoms with Gasteiger partial charge in [0.2, 0.25) is 0 Å². The first-order valence-electron chi connectivity index (χ1n) is 10.1. The van der Waals surface area contributed by atoms with Crippen LogP contribution in [-0.4, -0.2) is 27.9 Å². The molecule has 0 spiro atoms. The molecule has 32 heavy (non-hydrogen) atoms. The van der Waals surface area contributed by atoms with Gasteiger partial charge in [0.1, 0.15) is 5.65 Å². The molecule has 1 N–H and O–H groups in total. The van der Waals surface area contributed by atoms with E-state index in [-0.39, 0.29) is 22.8 Å². The van der Waals surface area contributed by atoms with Gasteiger partial charge in [-0.1, -0.05) is 26.0 Å². The molecule has 3 rings (SSSR count). The highest BCUT2D eigenvalue weighted by Crippen LogP contribution is 2.30. The molecule has 1 aromatic carbocycles. The molecular formula is C23H24F3N3O3. The molecule has 2 aromatic heterocycles. The number of carbonyl (C=O) groups is 2. The van der Waals surface area contributed by atoms with Crippen LogP contribution in [0.3, 0.4) is 0 Å². The quantitative estimate of drug-likeness (QED) is 0.504. The first kappa shape index (κ1) is 23.3. The standard InChI is InChI=1S/C23H24F3N3O3/c1-4-32-20(30)11-12-22(2,3)16-7-5-15(6-8-16)21(31)28-18-14-29-13-17(23(24,25)26)9-10-19(29)27-18/h5-10,13-14H,4,11-12H2,1-3H3,(H,28,31). The molecule has 0 radical (unpaired) electrons. The lowest BCUT2D eigenvalue weighted by atomic mass is 9.80. The average molecular weight is 447 g/mol. The van der Waals surface area contributed by atoms with E-state index in [1.54, 1.807) is 19.1 Å². The van der Waals surface area contributed by atoms with E-state index in [9.17, 15) is 22.8 Å². The molecule has 2 heterocycles. The first-order valence-corrected chi connectivity index (χ1v) is 10.1. The first-order chi connectivity index (χ1) is 15.0. The number of benzene rings is 1. The number of esters is 1. The van der Waals surface area contributed by atoms with Crippen LogP contribution in [0.4, 0.5) is 19.0 Å². The molecule has 170 valence electrons. The lowest BCUT2D eigenvalue weighted by Crippen LogP contribution is -2.20. The third-order valence-electron chi connectivity index (χ3n) is 5.21. The maximum Gasteiger partial charge on any atom is 0.417 e. The monoisotopic (exact) mass is 447 g/mol. The fraction of sp³-hybridized carbons (Fsp3) is 0.348. The zero-order valence-electron chi connectivity index (χ0n) is 18.0. The maximum atomic E-state index is 12.9. The van der Waals surface area contributed by atoms with Gasteiger partial charge in [0.05, 0.1) is 18.4 Å². The second kappa shape index (κ2) is 9.02. The number of hydrogen-bond acceptors (Lipinski definition) is 4. The smallest absolute Gasteiger partial charge is 0.417 e. The van der Waals surface area contributed by atoms with E-state index < -0.39 is 17.6 Å². The van der Waals surface area contributed by atoms with Gasteiger partial charge in [0, 0.05) is 18.2 Å². The van der Waals surface area contributed by atoms with Gasteiger partial charge in [-0.15, -0.1) is 0 Å². The summed E-state index contributed by atoms with van der Waals surface area (Å²) in [5, 5.41) is 2.60. The molecule has 0 fully saturated rings. The number of amides is 1. The maximum absolute atomic E-state index is 12.9. The second-order valence-electron chi connectivity index (χ2n) is 8.03. The number of alkyl halides is 3. The fourth-order valence-corrected chi connectivity index (χ4v) is 3.27. The minimum Gasteiger partial charge on any atom is -0.466 e. The molecule has 6 nitrogen and oxygen atoms in total. The third kappa shape index (κ3) is 5.46. The van der Waals surface area contributed by atoms with Crippen molar-refractivity contribution in [3.8, 4) is 0 Å². The average Bonchev–Trinajstić information content (AvgIpc) is 3.13. The molecule has 0 saturated carbocycles. The number of fused-ring (bicyclic) bond motifs is 1. The van der Waals surface area contributed by atoms with Crippen LogP contribution in [0, 0.1) is 0 Å². The number of nitrogens with zero attached hydrogens (tertiary/aromatic N) is 2. The van der Waals surface area contributed by atoms with Crippen molar-refractivity contribution in [2.75, 3.05) is 11.9 Å². The van der Waals surface area contributed by atoms with E-state index in [1.807, 2.05) is 26.0 Å². The normalized spacial score (nSPS) is 12.1. The molecule has 0 bridgehead atoms. The van der Waals surface area contributed by atoms with Crippen molar-refractivity contribution in [1.82, 2.24) is 9.38 Å². The van der Waals surface area contributed by atoms with Crippen molar-refractivity contribution in [2.45, 2.75) is 45.2 Å². The van der Waals surface area contributed by atoms with Gasteiger partial charge < -0.3 is 14.5 Å². The summed E-state index contributed by atoms with van der Waals surface area (Å²) in [6.45, 7) is 6.12. The molecule has 0 aliphatic rings. The fourth-order valence-electron chi connectivity index (χ4n) is 3.27. The SMILES string of the molecule is CCOC(=O)CCC(C)(C)c1ccc(C(=O)Nc2cn3cc(C(F)(F)F)ccc3n2)cc1. The Labute approximate surface area is 183 Å². The van der Waals surface area contributed by atoms with Crippen LogP contribution in [0.5, 0.6) is 0 Å². The van der Waals surface area contributed by atoms with Gasteiger partial charge in [0.25, 0.3) is 5.91 Å². The number of imidazole rings is 1. The van der Waals surface area contributed by atoms with Crippen molar-refractivity contribution in [1.29, 1.82) is 0 Å². The van der Waals surface area contributed by atoms with E-state index in [1.165, 1.54) is 16.7 Å². The van der Waals surface area contributed by atoms with Crippen LogP contribution in [0.2, 0.25) is 0 Å². The van der Waals surface area contributed by atoms with E-state index >= 15 is 0 Å². The Morgan fingerprint density at radius 1 is 1.03 bits per heavy atom. The van der Waals surface area contributed by atoms with Crippen molar-refractivity contribution in [3.05, 3.63) is 65.5 Å². The highest BCUT2D eigenvalue weighted by molar-refractivity contribution is 6.03. The largest absolute Gasteiger partial charge is 0.466 e. The lowest BCUT2D eigenvalue weighted by molar-refractivity contribution is -0.143. The Bertz CT molecular complexity index is 1120. The summed E-state index contributed by atoms with van der Waals surface area (Å²) in [4.78, 5) is 28.3. The predicted octanol–water partition coefficient (Wildman–Crippen LogP) is 5.23. The van der Waals surface area contributed by atoms with Gasteiger partial charge in [-0.05, 0) is 48.6 Å². The number of ether oxygens (including phenoxy) is 1. The molecular weight excluding hydrogens is 423 g/mol. The Morgan fingerprint density at radius 2 is 1.69 bits per heavy atom. The number of halogens is 3. The predicted molar refractivity (Wildman–Crippen MR) is 113 cm³/mol. The molecule has 0 atom stereocenters. The highest BCUT2D eigenvalue weighted by Gasteiger charge is 2.31.